The molecule has 0 radical (unpaired) electrons. The van der Waals surface area contributed by atoms with E-state index in [4.69, 9.17) is 5.73 Å². The van der Waals surface area contributed by atoms with E-state index in [0.717, 1.165) is 42.7 Å². The molecule has 3 rings (SSSR count). The predicted octanol–water partition coefficient (Wildman–Crippen LogP) is 4.10. The highest BCUT2D eigenvalue weighted by atomic mass is 32.1. The molecule has 3 amide bonds. The maximum atomic E-state index is 14.0. The maximum Gasteiger partial charge on any atom is 0.306 e. The van der Waals surface area contributed by atoms with E-state index in [0.29, 0.717) is 23.5 Å². The van der Waals surface area contributed by atoms with Gasteiger partial charge in [-0.25, -0.2) is 4.98 Å². The Kier molecular flexibility index (Phi) is 15.0. The molecule has 1 aromatic heterocycles. The van der Waals surface area contributed by atoms with Crippen LogP contribution in [-0.2, 0) is 20.8 Å². The van der Waals surface area contributed by atoms with Gasteiger partial charge in [0.25, 0.3) is 5.91 Å². The van der Waals surface area contributed by atoms with E-state index < -0.39 is 36.0 Å². The number of aromatic nitrogens is 1. The number of benzene rings is 1. The van der Waals surface area contributed by atoms with Crippen molar-refractivity contribution in [3.8, 4) is 0 Å². The van der Waals surface area contributed by atoms with Crippen LogP contribution >= 0.6 is 11.3 Å². The van der Waals surface area contributed by atoms with Crippen LogP contribution in [0.5, 0.6) is 0 Å². The van der Waals surface area contributed by atoms with Crippen LogP contribution in [-0.4, -0.2) is 93.5 Å². The van der Waals surface area contributed by atoms with E-state index in [1.54, 1.807) is 36.4 Å². The zero-order valence-electron chi connectivity index (χ0n) is 30.0. The van der Waals surface area contributed by atoms with Crippen LogP contribution in [0.15, 0.2) is 29.6 Å². The highest BCUT2D eigenvalue weighted by Crippen LogP contribution is 2.28. The van der Waals surface area contributed by atoms with Crippen molar-refractivity contribution in [1.82, 2.24) is 25.4 Å². The van der Waals surface area contributed by atoms with Gasteiger partial charge < -0.3 is 31.5 Å². The Morgan fingerprint density at radius 3 is 2.35 bits per heavy atom. The number of hydrogen-bond donors (Lipinski definition) is 5. The number of anilines is 1. The van der Waals surface area contributed by atoms with Crippen molar-refractivity contribution in [2.24, 2.45) is 17.8 Å². The zero-order valence-corrected chi connectivity index (χ0v) is 30.8. The summed E-state index contributed by atoms with van der Waals surface area (Å²) in [6.45, 7) is 10.4. The van der Waals surface area contributed by atoms with Gasteiger partial charge in [0.05, 0.1) is 12.0 Å². The number of carbonyl (C=O) groups excluding carboxylic acids is 3. The van der Waals surface area contributed by atoms with Gasteiger partial charge in [-0.15, -0.1) is 11.3 Å². The Morgan fingerprint density at radius 2 is 1.76 bits per heavy atom. The van der Waals surface area contributed by atoms with E-state index in [2.05, 4.69) is 15.6 Å². The van der Waals surface area contributed by atoms with Gasteiger partial charge in [0.1, 0.15) is 22.8 Å². The number of nitrogen functional groups attached to an aromatic ring is 1. The van der Waals surface area contributed by atoms with Crippen molar-refractivity contribution >= 4 is 40.7 Å². The number of nitrogens with one attached hydrogen (secondary N) is 2. The van der Waals surface area contributed by atoms with Crippen molar-refractivity contribution in [3.05, 3.63) is 45.9 Å². The Morgan fingerprint density at radius 1 is 1.08 bits per heavy atom. The summed E-state index contributed by atoms with van der Waals surface area (Å²) >= 11 is 1.16. The molecule has 1 aliphatic heterocycles. The lowest BCUT2D eigenvalue weighted by atomic mass is 9.92. The summed E-state index contributed by atoms with van der Waals surface area (Å²) in [5, 5.41) is 28.7. The molecule has 0 aliphatic carbocycles. The number of aliphatic hydroxyl groups excluding tert-OH is 1. The Labute approximate surface area is 294 Å². The first-order valence-corrected chi connectivity index (χ1v) is 18.3. The number of rotatable bonds is 17. The maximum absolute atomic E-state index is 14.0. The second kappa shape index (κ2) is 18.4. The first kappa shape index (κ1) is 39.9. The van der Waals surface area contributed by atoms with E-state index in [9.17, 15) is 29.4 Å². The fraction of sp³-hybridized carbons (Fsp3) is 0.639. The van der Waals surface area contributed by atoms with Gasteiger partial charge in [-0.3, -0.25) is 24.1 Å². The number of likely N-dealkylation sites (N-methyl/N-ethyl adjacent to an activating group) is 2. The van der Waals surface area contributed by atoms with Crippen molar-refractivity contribution < 1.29 is 29.4 Å². The van der Waals surface area contributed by atoms with Crippen LogP contribution in [0.1, 0.15) is 100 Å². The summed E-state index contributed by atoms with van der Waals surface area (Å²) in [5.41, 5.74) is 7.45. The number of aliphatic carboxylic acids is 1. The molecule has 1 aromatic carbocycles. The van der Waals surface area contributed by atoms with Crippen molar-refractivity contribution in [1.29, 1.82) is 0 Å². The number of aliphatic hydroxyl groups is 1. The molecule has 7 atom stereocenters. The average Bonchev–Trinajstić information content (AvgIpc) is 3.57. The summed E-state index contributed by atoms with van der Waals surface area (Å²) in [5.74, 6) is -2.53. The number of piperidine rings is 1. The second-order valence-corrected chi connectivity index (χ2v) is 14.9. The van der Waals surface area contributed by atoms with E-state index >= 15 is 0 Å². The third-order valence-corrected chi connectivity index (χ3v) is 10.8. The third kappa shape index (κ3) is 11.2. The van der Waals surface area contributed by atoms with Gasteiger partial charge in [0, 0.05) is 36.6 Å². The smallest absolute Gasteiger partial charge is 0.306 e. The topological polar surface area (TPSA) is 178 Å². The minimum absolute atomic E-state index is 0.0191. The number of hydrogen-bond acceptors (Lipinski definition) is 9. The number of likely N-dealkylation sites (tertiary alicyclic amines) is 1. The summed E-state index contributed by atoms with van der Waals surface area (Å²) in [6, 6.07) is 5.41. The highest BCUT2D eigenvalue weighted by molar-refractivity contribution is 7.09. The molecule has 1 saturated heterocycles. The third-order valence-electron chi connectivity index (χ3n) is 9.83. The number of nitrogens with two attached hydrogens (primary N) is 1. The minimum atomic E-state index is -1.04. The molecule has 0 spiro atoms. The highest BCUT2D eigenvalue weighted by Gasteiger charge is 2.36. The van der Waals surface area contributed by atoms with Gasteiger partial charge in [-0.2, -0.15) is 0 Å². The van der Waals surface area contributed by atoms with Crippen LogP contribution in [0.2, 0.25) is 0 Å². The molecule has 0 unspecified atom stereocenters. The largest absolute Gasteiger partial charge is 0.481 e. The lowest BCUT2D eigenvalue weighted by Crippen LogP contribution is -2.58. The van der Waals surface area contributed by atoms with Gasteiger partial charge in [-0.1, -0.05) is 59.6 Å². The lowest BCUT2D eigenvalue weighted by Gasteiger charge is -2.38. The van der Waals surface area contributed by atoms with Gasteiger partial charge in [-0.05, 0) is 68.8 Å². The first-order valence-electron chi connectivity index (χ1n) is 17.4. The zero-order chi connectivity index (χ0) is 36.4. The number of amides is 3. The molecule has 272 valence electrons. The number of nitrogens with zero attached hydrogens (tertiary/aromatic N) is 3. The molecule has 12 nitrogen and oxygen atoms in total. The molecule has 1 aliphatic rings. The lowest BCUT2D eigenvalue weighted by molar-refractivity contribution is -0.141. The fourth-order valence-electron chi connectivity index (χ4n) is 6.39. The number of carboxylic acid groups (broad SMARTS) is 1. The summed E-state index contributed by atoms with van der Waals surface area (Å²) in [4.78, 5) is 60.3. The number of carbonyl (C=O) groups is 4. The summed E-state index contributed by atoms with van der Waals surface area (Å²) in [7, 11) is 3.66. The van der Waals surface area contributed by atoms with Crippen LogP contribution in [0.4, 0.5) is 5.69 Å². The van der Waals surface area contributed by atoms with Crippen LogP contribution in [0.25, 0.3) is 0 Å². The van der Waals surface area contributed by atoms with E-state index in [-0.39, 0.29) is 54.3 Å². The van der Waals surface area contributed by atoms with E-state index in [1.165, 1.54) is 0 Å². The molecule has 13 heteroatoms. The van der Waals surface area contributed by atoms with Gasteiger partial charge >= 0.3 is 5.97 Å². The average molecular weight is 701 g/mol. The first-order chi connectivity index (χ1) is 23.1. The summed E-state index contributed by atoms with van der Waals surface area (Å²) < 4.78 is 0. The minimum Gasteiger partial charge on any atom is -0.481 e. The van der Waals surface area contributed by atoms with Crippen LogP contribution in [0.3, 0.4) is 0 Å². The van der Waals surface area contributed by atoms with E-state index in [1.807, 2.05) is 51.8 Å². The molecule has 2 aromatic rings. The molecule has 1 fully saturated rings. The Hall–Kier alpha value is -3.55. The SMILES string of the molecule is CC[C@H](C)[C@H](NC(=O)[C@H]1CCCCN1C)C(=O)N(C)[C@H](C[C@@H](O)c1nc(C(=O)N[C@@H](Cc2ccc(N)cc2)C[C@H](C)C(=O)O)cs1)C(C)C. The standard InChI is InChI=1S/C36H56N6O6S/c1-8-22(4)31(40-33(45)28-11-9-10-16-41(28)6)35(46)42(7)29(21(2)3)19-30(43)34-39-27(20-49-34)32(44)38-26(17-23(5)36(47)48)18-24-12-14-25(37)15-13-24/h12-15,20-23,26,28-31,43H,8-11,16-19,37H2,1-7H3,(H,38,44)(H,40,45)(H,47,48)/t22-,23-,26+,28+,29+,30+,31-/m0/s1. The molecular formula is C36H56N6O6S. The summed E-state index contributed by atoms with van der Waals surface area (Å²) in [6.07, 6.45) is 3.28. The quantitative estimate of drug-likeness (QED) is 0.152. The molecule has 6 N–H and O–H groups in total. The fourth-order valence-corrected chi connectivity index (χ4v) is 7.19. The van der Waals surface area contributed by atoms with Gasteiger partial charge in [0.2, 0.25) is 11.8 Å². The van der Waals surface area contributed by atoms with Gasteiger partial charge in [0.15, 0.2) is 0 Å². The number of carboxylic acids is 1. The monoisotopic (exact) mass is 700 g/mol. The van der Waals surface area contributed by atoms with Crippen molar-refractivity contribution in [3.63, 3.8) is 0 Å². The normalized spacial score (nSPS) is 18.9. The Balaban J connectivity index is 1.71. The second-order valence-electron chi connectivity index (χ2n) is 14.0. The molecule has 49 heavy (non-hydrogen) atoms. The molecule has 0 bridgehead atoms. The Bertz CT molecular complexity index is 1400. The molecule has 0 saturated carbocycles. The van der Waals surface area contributed by atoms with Crippen LogP contribution < -0.4 is 16.4 Å². The number of thiazole rings is 1. The van der Waals surface area contributed by atoms with Crippen molar-refractivity contribution in [2.45, 2.75) is 110 Å². The molecule has 2 heterocycles. The van der Waals surface area contributed by atoms with Crippen molar-refractivity contribution in [2.75, 3.05) is 26.4 Å². The molecular weight excluding hydrogens is 644 g/mol. The van der Waals surface area contributed by atoms with Crippen LogP contribution in [0, 0.1) is 17.8 Å². The predicted molar refractivity (Wildman–Crippen MR) is 192 cm³/mol.